The van der Waals surface area contributed by atoms with Crippen LogP contribution in [0.2, 0.25) is 0 Å². The highest BCUT2D eigenvalue weighted by Crippen LogP contribution is 2.32. The maximum atomic E-state index is 13.9. The molecule has 2 aromatic rings. The second-order valence-electron chi connectivity index (χ2n) is 4.43. The van der Waals surface area contributed by atoms with Crippen LogP contribution in [-0.2, 0) is 0 Å². The van der Waals surface area contributed by atoms with Gasteiger partial charge in [0.25, 0.3) is 0 Å². The first kappa shape index (κ1) is 13.2. The average Bonchev–Trinajstić information content (AvgIpc) is 2.71. The number of nitrogens with one attached hydrogen (secondary N) is 1. The van der Waals surface area contributed by atoms with E-state index in [9.17, 15) is 9.50 Å². The molecule has 0 aliphatic carbocycles. The van der Waals surface area contributed by atoms with Crippen LogP contribution < -0.4 is 10.1 Å². The Hall–Kier alpha value is -0.760. The van der Waals surface area contributed by atoms with Crippen LogP contribution in [0.4, 0.5) is 4.39 Å². The summed E-state index contributed by atoms with van der Waals surface area (Å²) in [6.07, 6.45) is -0.373. The molecule has 3 rings (SSSR count). The summed E-state index contributed by atoms with van der Waals surface area (Å²) < 4.78 is 21.1. The molecule has 0 bridgehead atoms. The minimum absolute atomic E-state index is 0.163. The van der Waals surface area contributed by atoms with E-state index >= 15 is 0 Å². The molecule has 0 radical (unpaired) electrons. The second-order valence-corrected chi connectivity index (χ2v) is 6.74. The molecular weight excluding hydrogens is 335 g/mol. The van der Waals surface area contributed by atoms with Gasteiger partial charge in [0.2, 0.25) is 0 Å². The van der Waals surface area contributed by atoms with Crippen molar-refractivity contribution in [3.05, 3.63) is 21.9 Å². The van der Waals surface area contributed by atoms with Gasteiger partial charge in [-0.25, -0.2) is 9.37 Å². The van der Waals surface area contributed by atoms with Crippen molar-refractivity contribution in [3.8, 4) is 5.75 Å². The quantitative estimate of drug-likeness (QED) is 0.875. The predicted octanol–water partition coefficient (Wildman–Crippen LogP) is 2.30. The zero-order chi connectivity index (χ0) is 13.4. The molecule has 1 fully saturated rings. The molecule has 0 unspecified atom stereocenters. The third-order valence-corrected chi connectivity index (χ3v) is 4.56. The van der Waals surface area contributed by atoms with Crippen molar-refractivity contribution in [2.75, 3.05) is 13.1 Å². The molecule has 1 saturated heterocycles. The van der Waals surface area contributed by atoms with Crippen molar-refractivity contribution in [2.45, 2.75) is 18.6 Å². The fourth-order valence-corrected chi connectivity index (χ4v) is 3.51. The standard InChI is InChI=1S/C12H12BrFN2O2S/c13-12-16-7-3-6(14)9(4-11(7)19-12)18-10-5-15-2-1-8(10)17/h3-4,8,10,15,17H,1-2,5H2/t8-,10+/m0/s1. The molecule has 7 heteroatoms. The number of aromatic nitrogens is 1. The number of benzene rings is 1. The lowest BCUT2D eigenvalue weighted by molar-refractivity contribution is 0.0140. The molecule has 1 aromatic carbocycles. The van der Waals surface area contributed by atoms with Gasteiger partial charge in [0.15, 0.2) is 15.5 Å². The monoisotopic (exact) mass is 346 g/mol. The van der Waals surface area contributed by atoms with Gasteiger partial charge in [-0.15, -0.1) is 11.3 Å². The van der Waals surface area contributed by atoms with E-state index in [0.717, 1.165) is 11.2 Å². The van der Waals surface area contributed by atoms with Crippen LogP contribution in [0.5, 0.6) is 5.75 Å². The smallest absolute Gasteiger partial charge is 0.167 e. The van der Waals surface area contributed by atoms with Crippen LogP contribution in [0.25, 0.3) is 10.2 Å². The summed E-state index contributed by atoms with van der Waals surface area (Å²) in [6, 6.07) is 2.99. The van der Waals surface area contributed by atoms with Crippen LogP contribution in [0.1, 0.15) is 6.42 Å². The van der Waals surface area contributed by atoms with Crippen molar-refractivity contribution >= 4 is 37.5 Å². The maximum absolute atomic E-state index is 13.9. The normalized spacial score (nSPS) is 23.7. The summed E-state index contributed by atoms with van der Waals surface area (Å²) in [5.74, 6) is -0.292. The topological polar surface area (TPSA) is 54.4 Å². The van der Waals surface area contributed by atoms with Gasteiger partial charge in [0.1, 0.15) is 6.10 Å². The zero-order valence-corrected chi connectivity index (χ0v) is 12.3. The highest BCUT2D eigenvalue weighted by atomic mass is 79.9. The number of rotatable bonds is 2. The van der Waals surface area contributed by atoms with Crippen LogP contribution in [-0.4, -0.2) is 35.4 Å². The van der Waals surface area contributed by atoms with Crippen LogP contribution >= 0.6 is 27.3 Å². The summed E-state index contributed by atoms with van der Waals surface area (Å²) in [4.78, 5) is 4.15. The Morgan fingerprint density at radius 2 is 2.37 bits per heavy atom. The zero-order valence-electron chi connectivity index (χ0n) is 9.90. The van der Waals surface area contributed by atoms with Gasteiger partial charge in [0.05, 0.1) is 16.3 Å². The van der Waals surface area contributed by atoms with Gasteiger partial charge in [-0.05, 0) is 28.9 Å². The number of ether oxygens (including phenoxy) is 1. The first-order chi connectivity index (χ1) is 9.13. The Balaban J connectivity index is 1.89. The lowest BCUT2D eigenvalue weighted by Gasteiger charge is -2.29. The van der Waals surface area contributed by atoms with Crippen molar-refractivity contribution in [1.29, 1.82) is 0 Å². The molecule has 2 atom stereocenters. The molecule has 1 aliphatic heterocycles. The van der Waals surface area contributed by atoms with Crippen molar-refractivity contribution in [3.63, 3.8) is 0 Å². The van der Waals surface area contributed by atoms with Crippen LogP contribution in [0.3, 0.4) is 0 Å². The lowest BCUT2D eigenvalue weighted by Crippen LogP contribution is -2.47. The summed E-state index contributed by atoms with van der Waals surface area (Å²) in [6.45, 7) is 1.27. The van der Waals surface area contributed by atoms with Gasteiger partial charge in [-0.2, -0.15) is 0 Å². The molecule has 1 aliphatic rings. The Bertz CT molecular complexity index is 607. The van der Waals surface area contributed by atoms with E-state index in [1.807, 2.05) is 0 Å². The van der Waals surface area contributed by atoms with Gasteiger partial charge < -0.3 is 15.2 Å². The van der Waals surface area contributed by atoms with Crippen molar-refractivity contribution in [2.24, 2.45) is 0 Å². The van der Waals surface area contributed by atoms with E-state index in [1.165, 1.54) is 17.4 Å². The maximum Gasteiger partial charge on any atom is 0.167 e. The number of halogens is 2. The molecule has 2 N–H and O–H groups in total. The molecule has 0 saturated carbocycles. The number of hydrogen-bond donors (Lipinski definition) is 2. The van der Waals surface area contributed by atoms with E-state index in [4.69, 9.17) is 4.74 Å². The third-order valence-electron chi connectivity index (χ3n) is 3.09. The number of nitrogens with zero attached hydrogens (tertiary/aromatic N) is 1. The van der Waals surface area contributed by atoms with Crippen molar-refractivity contribution < 1.29 is 14.2 Å². The second kappa shape index (κ2) is 5.32. The van der Waals surface area contributed by atoms with E-state index in [0.29, 0.717) is 22.4 Å². The number of thiazole rings is 1. The van der Waals surface area contributed by atoms with Crippen LogP contribution in [0.15, 0.2) is 16.0 Å². The molecule has 4 nitrogen and oxygen atoms in total. The number of aliphatic hydroxyl groups excluding tert-OH is 1. The molecule has 19 heavy (non-hydrogen) atoms. The number of fused-ring (bicyclic) bond motifs is 1. The Kier molecular flexibility index (Phi) is 3.70. The molecular formula is C12H12BrFN2O2S. The number of aliphatic hydroxyl groups is 1. The summed E-state index contributed by atoms with van der Waals surface area (Å²) in [5, 5.41) is 13.0. The Morgan fingerprint density at radius 3 is 3.16 bits per heavy atom. The van der Waals surface area contributed by atoms with E-state index in [-0.39, 0.29) is 5.75 Å². The molecule has 0 amide bonds. The predicted molar refractivity (Wildman–Crippen MR) is 75.2 cm³/mol. The lowest BCUT2D eigenvalue weighted by atomic mass is 10.1. The van der Waals surface area contributed by atoms with E-state index < -0.39 is 18.0 Å². The molecule has 0 spiro atoms. The fourth-order valence-electron chi connectivity index (χ4n) is 2.09. The van der Waals surface area contributed by atoms with Gasteiger partial charge >= 0.3 is 0 Å². The van der Waals surface area contributed by atoms with E-state index in [2.05, 4.69) is 26.2 Å². The van der Waals surface area contributed by atoms with Gasteiger partial charge in [-0.3, -0.25) is 0 Å². The minimum atomic E-state index is -0.565. The largest absolute Gasteiger partial charge is 0.483 e. The van der Waals surface area contributed by atoms with Crippen LogP contribution in [0, 0.1) is 5.82 Å². The SMILES string of the molecule is O[C@H]1CCNC[C@H]1Oc1cc2sc(Br)nc2cc1F. The van der Waals surface area contributed by atoms with Crippen molar-refractivity contribution in [1.82, 2.24) is 10.3 Å². The first-order valence-electron chi connectivity index (χ1n) is 5.94. The first-order valence-corrected chi connectivity index (χ1v) is 7.55. The molecule has 1 aromatic heterocycles. The van der Waals surface area contributed by atoms with E-state index in [1.54, 1.807) is 6.07 Å². The third kappa shape index (κ3) is 2.74. The Morgan fingerprint density at radius 1 is 1.53 bits per heavy atom. The summed E-state index contributed by atoms with van der Waals surface area (Å²) in [5.41, 5.74) is 0.601. The molecule has 2 heterocycles. The van der Waals surface area contributed by atoms with Gasteiger partial charge in [-0.1, -0.05) is 0 Å². The highest BCUT2D eigenvalue weighted by Gasteiger charge is 2.25. The average molecular weight is 347 g/mol. The highest BCUT2D eigenvalue weighted by molar-refractivity contribution is 9.11. The minimum Gasteiger partial charge on any atom is -0.483 e. The fraction of sp³-hybridized carbons (Fsp3) is 0.417. The number of piperidine rings is 1. The summed E-state index contributed by atoms with van der Waals surface area (Å²) in [7, 11) is 0. The van der Waals surface area contributed by atoms with Gasteiger partial charge in [0, 0.05) is 18.7 Å². The summed E-state index contributed by atoms with van der Waals surface area (Å²) >= 11 is 4.69. The Labute approximate surface area is 121 Å². The number of hydrogen-bond acceptors (Lipinski definition) is 5. The molecule has 102 valence electrons.